The van der Waals surface area contributed by atoms with Gasteiger partial charge in [-0.3, -0.25) is 0 Å². The summed E-state index contributed by atoms with van der Waals surface area (Å²) < 4.78 is 0.877. The van der Waals surface area contributed by atoms with Gasteiger partial charge in [0.15, 0.2) is 0 Å². The van der Waals surface area contributed by atoms with Gasteiger partial charge in [-0.2, -0.15) is 0 Å². The number of hydrogen-bond donors (Lipinski definition) is 1. The maximum atomic E-state index is 9.12. The zero-order valence-electron chi connectivity index (χ0n) is 6.59. The van der Waals surface area contributed by atoms with Crippen LogP contribution in [0.1, 0.15) is 12.5 Å². The summed E-state index contributed by atoms with van der Waals surface area (Å²) in [5.74, 6) is 0. The number of aliphatic hydroxyl groups is 1. The van der Waals surface area contributed by atoms with Crippen LogP contribution in [0.3, 0.4) is 0 Å². The van der Waals surface area contributed by atoms with Gasteiger partial charge in [0, 0.05) is 17.1 Å². The van der Waals surface area contributed by atoms with Crippen LogP contribution in [0.2, 0.25) is 5.15 Å². The van der Waals surface area contributed by atoms with Gasteiger partial charge in [-0.1, -0.05) is 11.6 Å². The largest absolute Gasteiger partial charge is 0.393 e. The monoisotopic (exact) mass is 249 g/mol. The molecule has 1 atom stereocenters. The van der Waals surface area contributed by atoms with Gasteiger partial charge in [0.25, 0.3) is 0 Å². The molecule has 1 N–H and O–H groups in total. The topological polar surface area (TPSA) is 33.1 Å². The van der Waals surface area contributed by atoms with Crippen LogP contribution in [0.4, 0.5) is 0 Å². The second-order valence-corrected chi connectivity index (χ2v) is 3.93. The molecule has 1 aromatic heterocycles. The molecule has 0 saturated carbocycles. The number of nitrogens with zero attached hydrogens (tertiary/aromatic N) is 1. The van der Waals surface area contributed by atoms with Crippen molar-refractivity contribution in [3.8, 4) is 0 Å². The quantitative estimate of drug-likeness (QED) is 0.818. The molecule has 1 aromatic rings. The highest BCUT2D eigenvalue weighted by atomic mass is 79.9. The summed E-state index contributed by atoms with van der Waals surface area (Å²) in [6, 6.07) is 1.86. The Balaban J connectivity index is 2.90. The zero-order valence-corrected chi connectivity index (χ0v) is 8.93. The first-order valence-electron chi connectivity index (χ1n) is 3.57. The summed E-state index contributed by atoms with van der Waals surface area (Å²) in [4.78, 5) is 3.94. The van der Waals surface area contributed by atoms with Crippen LogP contribution in [0, 0.1) is 0 Å². The van der Waals surface area contributed by atoms with Crippen molar-refractivity contribution < 1.29 is 5.11 Å². The molecule has 0 radical (unpaired) electrons. The fraction of sp³-hybridized carbons (Fsp3) is 0.375. The zero-order chi connectivity index (χ0) is 9.14. The van der Waals surface area contributed by atoms with Crippen molar-refractivity contribution in [3.05, 3.63) is 27.5 Å². The van der Waals surface area contributed by atoms with Crippen LogP contribution in [0.15, 0.2) is 16.7 Å². The Morgan fingerprint density at radius 2 is 2.42 bits per heavy atom. The predicted molar refractivity (Wildman–Crippen MR) is 52.3 cm³/mol. The van der Waals surface area contributed by atoms with Crippen LogP contribution < -0.4 is 0 Å². The normalized spacial score (nSPS) is 13.0. The summed E-state index contributed by atoms with van der Waals surface area (Å²) in [5, 5.41) is 9.58. The molecule has 0 aliphatic heterocycles. The smallest absolute Gasteiger partial charge is 0.132 e. The number of halogens is 2. The third kappa shape index (κ3) is 2.73. The van der Waals surface area contributed by atoms with Crippen LogP contribution in [-0.4, -0.2) is 16.2 Å². The van der Waals surface area contributed by atoms with Crippen LogP contribution in [0.5, 0.6) is 0 Å². The maximum absolute atomic E-state index is 9.12. The summed E-state index contributed by atoms with van der Waals surface area (Å²) >= 11 is 9.08. The van der Waals surface area contributed by atoms with E-state index in [0.717, 1.165) is 10.0 Å². The molecular weight excluding hydrogens is 241 g/mol. The molecule has 0 unspecified atom stereocenters. The van der Waals surface area contributed by atoms with Crippen LogP contribution in [0.25, 0.3) is 0 Å². The Kier molecular flexibility index (Phi) is 3.50. The van der Waals surface area contributed by atoms with Crippen molar-refractivity contribution in [2.24, 2.45) is 0 Å². The Labute approximate surface area is 84.7 Å². The molecule has 1 heterocycles. The molecule has 12 heavy (non-hydrogen) atoms. The summed E-state index contributed by atoms with van der Waals surface area (Å²) in [5.41, 5.74) is 0.862. The fourth-order valence-corrected chi connectivity index (χ4v) is 1.49. The lowest BCUT2D eigenvalue weighted by Gasteiger charge is -2.05. The third-order valence-corrected chi connectivity index (χ3v) is 2.17. The Hall–Kier alpha value is -0.120. The number of aliphatic hydroxyl groups excluding tert-OH is 1. The lowest BCUT2D eigenvalue weighted by Crippen LogP contribution is -2.05. The van der Waals surface area contributed by atoms with E-state index in [1.54, 1.807) is 13.1 Å². The molecule has 0 spiro atoms. The molecule has 0 bridgehead atoms. The predicted octanol–water partition coefficient (Wildman–Crippen LogP) is 2.42. The van der Waals surface area contributed by atoms with Crippen molar-refractivity contribution in [2.45, 2.75) is 19.4 Å². The van der Waals surface area contributed by atoms with Crippen LogP contribution in [-0.2, 0) is 6.42 Å². The van der Waals surface area contributed by atoms with E-state index in [0.29, 0.717) is 11.6 Å². The molecule has 0 amide bonds. The minimum absolute atomic E-state index is 0.390. The first-order valence-corrected chi connectivity index (χ1v) is 4.74. The first-order chi connectivity index (χ1) is 5.59. The van der Waals surface area contributed by atoms with Gasteiger partial charge >= 0.3 is 0 Å². The maximum Gasteiger partial charge on any atom is 0.132 e. The van der Waals surface area contributed by atoms with E-state index in [1.165, 1.54) is 0 Å². The van der Waals surface area contributed by atoms with E-state index >= 15 is 0 Å². The van der Waals surface area contributed by atoms with Crippen LogP contribution >= 0.6 is 27.5 Å². The van der Waals surface area contributed by atoms with Crippen molar-refractivity contribution in [1.82, 2.24) is 4.98 Å². The Bertz CT molecular complexity index is 278. The van der Waals surface area contributed by atoms with E-state index in [2.05, 4.69) is 20.9 Å². The minimum atomic E-state index is -0.390. The number of hydrogen-bond acceptors (Lipinski definition) is 2. The molecular formula is C8H9BrClNO. The molecule has 66 valence electrons. The minimum Gasteiger partial charge on any atom is -0.393 e. The Morgan fingerprint density at radius 3 is 3.00 bits per heavy atom. The van der Waals surface area contributed by atoms with Gasteiger partial charge < -0.3 is 5.11 Å². The second kappa shape index (κ2) is 4.21. The summed E-state index contributed by atoms with van der Waals surface area (Å²) in [6.07, 6.45) is 1.78. The van der Waals surface area contributed by atoms with Crippen molar-refractivity contribution in [3.63, 3.8) is 0 Å². The number of pyridine rings is 1. The molecule has 4 heteroatoms. The average molecular weight is 251 g/mol. The lowest BCUT2D eigenvalue weighted by molar-refractivity contribution is 0.195. The number of aromatic nitrogens is 1. The van der Waals surface area contributed by atoms with E-state index in [-0.39, 0.29) is 0 Å². The van der Waals surface area contributed by atoms with Gasteiger partial charge in [-0.25, -0.2) is 4.98 Å². The highest BCUT2D eigenvalue weighted by molar-refractivity contribution is 9.10. The van der Waals surface area contributed by atoms with Gasteiger partial charge in [0.2, 0.25) is 0 Å². The lowest BCUT2D eigenvalue weighted by atomic mass is 10.1. The van der Waals surface area contributed by atoms with Gasteiger partial charge in [0.05, 0.1) is 6.10 Å². The molecule has 0 aromatic carbocycles. The average Bonchev–Trinajstić information content (AvgIpc) is 1.96. The molecule has 0 aliphatic carbocycles. The standard InChI is InChI=1S/C8H9BrClNO/c1-5(12)2-6-3-7(9)4-11-8(6)10/h3-5,12H,2H2,1H3/t5-/m1/s1. The summed E-state index contributed by atoms with van der Waals surface area (Å²) in [7, 11) is 0. The molecule has 1 rings (SSSR count). The molecule has 2 nitrogen and oxygen atoms in total. The van der Waals surface area contributed by atoms with E-state index in [9.17, 15) is 0 Å². The van der Waals surface area contributed by atoms with Gasteiger partial charge in [-0.15, -0.1) is 0 Å². The van der Waals surface area contributed by atoms with Gasteiger partial charge in [0.1, 0.15) is 5.15 Å². The van der Waals surface area contributed by atoms with Crippen molar-refractivity contribution in [2.75, 3.05) is 0 Å². The SMILES string of the molecule is C[C@@H](O)Cc1cc(Br)cnc1Cl. The summed E-state index contributed by atoms with van der Waals surface area (Å²) in [6.45, 7) is 1.72. The Morgan fingerprint density at radius 1 is 1.75 bits per heavy atom. The molecule has 0 aliphatic rings. The molecule has 0 fully saturated rings. The third-order valence-electron chi connectivity index (χ3n) is 1.39. The highest BCUT2D eigenvalue weighted by Gasteiger charge is 2.05. The first kappa shape index (κ1) is 9.96. The number of rotatable bonds is 2. The van der Waals surface area contributed by atoms with Crippen molar-refractivity contribution >= 4 is 27.5 Å². The second-order valence-electron chi connectivity index (χ2n) is 2.66. The fourth-order valence-electron chi connectivity index (χ4n) is 0.926. The van der Waals surface area contributed by atoms with Gasteiger partial charge in [-0.05, 0) is 34.5 Å². The van der Waals surface area contributed by atoms with E-state index < -0.39 is 6.10 Å². The van der Waals surface area contributed by atoms with Crippen molar-refractivity contribution in [1.29, 1.82) is 0 Å². The highest BCUT2D eigenvalue weighted by Crippen LogP contribution is 2.19. The van der Waals surface area contributed by atoms with E-state index in [4.69, 9.17) is 16.7 Å². The van der Waals surface area contributed by atoms with E-state index in [1.807, 2.05) is 6.07 Å². The molecule has 0 saturated heterocycles.